The van der Waals surface area contributed by atoms with Crippen LogP contribution in [-0.4, -0.2) is 77.4 Å². The van der Waals surface area contributed by atoms with Gasteiger partial charge < -0.3 is 29.0 Å². The Hall–Kier alpha value is -4.89. The molecule has 2 amide bonds. The number of unbranched alkanes of at least 4 members (excludes halogenated alkanes) is 1. The number of benzene rings is 3. The lowest BCUT2D eigenvalue weighted by Crippen LogP contribution is -2.46. The first kappa shape index (κ1) is 36.5. The lowest BCUT2D eigenvalue weighted by atomic mass is 9.82. The predicted octanol–water partition coefficient (Wildman–Crippen LogP) is 5.48. The summed E-state index contributed by atoms with van der Waals surface area (Å²) in [6.07, 6.45) is 3.46. The second-order valence-electron chi connectivity index (χ2n) is 14.5. The van der Waals surface area contributed by atoms with Crippen molar-refractivity contribution >= 4 is 43.2 Å². The van der Waals surface area contributed by atoms with Crippen molar-refractivity contribution in [3.63, 3.8) is 0 Å². The van der Waals surface area contributed by atoms with Crippen molar-refractivity contribution in [3.8, 4) is 11.5 Å². The van der Waals surface area contributed by atoms with Gasteiger partial charge >= 0.3 is 5.97 Å². The van der Waals surface area contributed by atoms with Crippen LogP contribution in [0.25, 0.3) is 0 Å². The van der Waals surface area contributed by atoms with Gasteiger partial charge in [0.15, 0.2) is 19.7 Å². The number of nitrogens with zero attached hydrogens (tertiary/aromatic N) is 5. The van der Waals surface area contributed by atoms with E-state index in [1.165, 1.54) is 7.11 Å². The summed E-state index contributed by atoms with van der Waals surface area (Å²) in [6.45, 7) is 6.48. The molecule has 1 aromatic heterocycles. The van der Waals surface area contributed by atoms with Gasteiger partial charge in [0.05, 0.1) is 35.8 Å². The molecule has 0 aliphatic carbocycles. The fourth-order valence-electron chi connectivity index (χ4n) is 8.34. The molecule has 0 saturated carbocycles. The van der Waals surface area contributed by atoms with Crippen LogP contribution in [0, 0.1) is 5.92 Å². The molecule has 13 nitrogen and oxygen atoms in total. The highest BCUT2D eigenvalue weighted by Crippen LogP contribution is 2.60. The minimum Gasteiger partial charge on any atom is -0.469 e. The van der Waals surface area contributed by atoms with Crippen LogP contribution in [-0.2, 0) is 37.6 Å². The van der Waals surface area contributed by atoms with Gasteiger partial charge in [-0.1, -0.05) is 36.4 Å². The number of carbonyl (C=O) groups excluding carboxylic acids is 3. The van der Waals surface area contributed by atoms with Gasteiger partial charge in [0.2, 0.25) is 0 Å². The summed E-state index contributed by atoms with van der Waals surface area (Å²) >= 11 is 0. The van der Waals surface area contributed by atoms with Crippen molar-refractivity contribution < 1.29 is 38.5 Å². The standard InChI is InChI=1S/C39H45N5O8Si/c1-25-36(53(3,4)49)34(18-21-42-24-26(19-22-45)40-41-42)52-39(25)29-23-27(16-17-30(29)43(38(39)48)20-10-9-15-35(46)50-2)44-31-12-6-8-14-33(31)51-32-13-7-5-11-28(32)37(44)47/h5-8,11-14,16-17,23-25,34,36,45,49H,9-10,15,18-22H2,1-4H3/t25-,34+,36-,39+/m1/s1. The third-order valence-corrected chi connectivity index (χ3v) is 13.2. The van der Waals surface area contributed by atoms with Crippen LogP contribution >= 0.6 is 0 Å². The number of aliphatic hydroxyl groups is 1. The molecule has 3 aliphatic rings. The molecule has 53 heavy (non-hydrogen) atoms. The quantitative estimate of drug-likeness (QED) is 0.108. The van der Waals surface area contributed by atoms with Gasteiger partial charge in [-0.2, -0.15) is 0 Å². The maximum atomic E-state index is 15.0. The molecule has 278 valence electrons. The summed E-state index contributed by atoms with van der Waals surface area (Å²) < 4.78 is 19.9. The van der Waals surface area contributed by atoms with Crippen LogP contribution in [0.2, 0.25) is 18.6 Å². The number of aliphatic hydroxyl groups excluding tert-OH is 1. The van der Waals surface area contributed by atoms with E-state index in [9.17, 15) is 19.5 Å². The molecule has 1 spiro atoms. The molecule has 1 saturated heterocycles. The summed E-state index contributed by atoms with van der Waals surface area (Å²) in [5.41, 5.74) is 1.67. The molecule has 4 heterocycles. The number of esters is 1. The van der Waals surface area contributed by atoms with E-state index >= 15 is 4.79 Å². The van der Waals surface area contributed by atoms with Crippen molar-refractivity contribution in [1.82, 2.24) is 15.0 Å². The zero-order chi connectivity index (χ0) is 37.5. The Kier molecular flexibility index (Phi) is 9.98. The first-order chi connectivity index (χ1) is 25.5. The fraction of sp³-hybridized carbons (Fsp3) is 0.410. The maximum Gasteiger partial charge on any atom is 0.305 e. The molecule has 7 rings (SSSR count). The molecule has 0 radical (unpaired) electrons. The Morgan fingerprint density at radius 2 is 1.75 bits per heavy atom. The molecule has 1 fully saturated rings. The summed E-state index contributed by atoms with van der Waals surface area (Å²) in [5.74, 6) is -0.296. The molecule has 3 aliphatic heterocycles. The van der Waals surface area contributed by atoms with Crippen LogP contribution in [0.5, 0.6) is 11.5 Å². The van der Waals surface area contributed by atoms with Crippen LogP contribution in [0.1, 0.15) is 54.2 Å². The molecule has 0 bridgehead atoms. The minimum atomic E-state index is -2.97. The number of hydrogen-bond donors (Lipinski definition) is 2. The average Bonchev–Trinajstić information content (AvgIpc) is 3.76. The van der Waals surface area contributed by atoms with Gasteiger partial charge in [-0.05, 0) is 74.8 Å². The Morgan fingerprint density at radius 1 is 1.00 bits per heavy atom. The molecule has 4 aromatic rings. The molecular weight excluding hydrogens is 695 g/mol. The zero-order valence-electron chi connectivity index (χ0n) is 30.4. The highest BCUT2D eigenvalue weighted by Gasteiger charge is 2.66. The van der Waals surface area contributed by atoms with E-state index in [1.54, 1.807) is 38.9 Å². The van der Waals surface area contributed by atoms with E-state index in [0.29, 0.717) is 84.2 Å². The van der Waals surface area contributed by atoms with Gasteiger partial charge in [-0.15, -0.1) is 5.10 Å². The van der Waals surface area contributed by atoms with Crippen LogP contribution in [0.3, 0.4) is 0 Å². The molecule has 4 atom stereocenters. The SMILES string of the molecule is COC(=O)CCCCN1C(=O)[C@@]2(O[C@@H](CCn3cc(CCO)nn3)[C@H]([Si](C)(C)O)[C@H]2C)c2cc(N3C(=O)c4ccccc4Oc4ccccc43)ccc21. The third-order valence-electron chi connectivity index (χ3n) is 10.7. The number of rotatable bonds is 12. The van der Waals surface area contributed by atoms with E-state index < -0.39 is 25.9 Å². The first-order valence-corrected chi connectivity index (χ1v) is 21.1. The Bertz CT molecular complexity index is 2030. The molecular formula is C39H45N5O8Si. The number of hydrogen-bond acceptors (Lipinski definition) is 10. The summed E-state index contributed by atoms with van der Waals surface area (Å²) in [6, 6.07) is 20.1. The number of anilines is 3. The molecule has 0 unspecified atom stereocenters. The highest BCUT2D eigenvalue weighted by molar-refractivity contribution is 6.71. The van der Waals surface area contributed by atoms with Crippen molar-refractivity contribution in [2.45, 2.75) is 75.9 Å². The normalized spacial score (nSPS) is 22.0. The summed E-state index contributed by atoms with van der Waals surface area (Å²) in [4.78, 5) is 56.4. The van der Waals surface area contributed by atoms with E-state index in [-0.39, 0.29) is 36.4 Å². The Morgan fingerprint density at radius 3 is 2.51 bits per heavy atom. The highest BCUT2D eigenvalue weighted by atomic mass is 28.4. The summed E-state index contributed by atoms with van der Waals surface area (Å²) in [7, 11) is -1.61. The van der Waals surface area contributed by atoms with Gasteiger partial charge in [0, 0.05) is 61.4 Å². The Labute approximate surface area is 309 Å². The van der Waals surface area contributed by atoms with Gasteiger partial charge in [0.25, 0.3) is 11.8 Å². The van der Waals surface area contributed by atoms with Gasteiger partial charge in [-0.25, -0.2) is 0 Å². The number of aryl methyl sites for hydroxylation is 1. The number of para-hydroxylation sites is 3. The van der Waals surface area contributed by atoms with Crippen molar-refractivity contribution in [2.75, 3.05) is 30.1 Å². The number of methoxy groups -OCH3 is 1. The summed E-state index contributed by atoms with van der Waals surface area (Å²) in [5, 5.41) is 17.7. The lowest BCUT2D eigenvalue weighted by molar-refractivity contribution is -0.146. The van der Waals surface area contributed by atoms with E-state index in [4.69, 9.17) is 14.2 Å². The van der Waals surface area contributed by atoms with E-state index in [1.807, 2.05) is 68.5 Å². The number of carbonyl (C=O) groups is 3. The molecule has 14 heteroatoms. The Balaban J connectivity index is 1.31. The second kappa shape index (κ2) is 14.5. The lowest BCUT2D eigenvalue weighted by Gasteiger charge is -2.32. The van der Waals surface area contributed by atoms with Crippen LogP contribution in [0.4, 0.5) is 17.1 Å². The second-order valence-corrected chi connectivity index (χ2v) is 18.5. The largest absolute Gasteiger partial charge is 0.469 e. The third kappa shape index (κ3) is 6.53. The van der Waals surface area contributed by atoms with Crippen LogP contribution < -0.4 is 14.5 Å². The maximum absolute atomic E-state index is 15.0. The van der Waals surface area contributed by atoms with Gasteiger partial charge in [0.1, 0.15) is 5.75 Å². The van der Waals surface area contributed by atoms with Crippen LogP contribution in [0.15, 0.2) is 72.9 Å². The minimum absolute atomic E-state index is 0.0340. The number of ether oxygens (including phenoxy) is 3. The number of aromatic nitrogens is 3. The number of fused-ring (bicyclic) bond motifs is 4. The van der Waals surface area contributed by atoms with Crippen molar-refractivity contribution in [2.24, 2.45) is 5.92 Å². The zero-order valence-corrected chi connectivity index (χ0v) is 31.4. The number of amides is 2. The first-order valence-electron chi connectivity index (χ1n) is 18.1. The average molecular weight is 740 g/mol. The fourth-order valence-corrected chi connectivity index (χ4v) is 10.9. The van der Waals surface area contributed by atoms with E-state index in [0.717, 1.165) is 0 Å². The molecule has 2 N–H and O–H groups in total. The van der Waals surface area contributed by atoms with Crippen molar-refractivity contribution in [3.05, 3.63) is 89.7 Å². The monoisotopic (exact) mass is 739 g/mol. The van der Waals surface area contributed by atoms with Crippen molar-refractivity contribution in [1.29, 1.82) is 0 Å². The van der Waals surface area contributed by atoms with E-state index in [2.05, 4.69) is 10.3 Å². The predicted molar refractivity (Wildman–Crippen MR) is 199 cm³/mol. The van der Waals surface area contributed by atoms with Gasteiger partial charge in [-0.3, -0.25) is 24.0 Å². The molecule has 3 aromatic carbocycles. The smallest absolute Gasteiger partial charge is 0.305 e. The topological polar surface area (TPSA) is 157 Å².